The molecule has 0 N–H and O–H groups in total. The van der Waals surface area contributed by atoms with Crippen molar-refractivity contribution in [1.82, 2.24) is 14.0 Å². The van der Waals surface area contributed by atoms with E-state index in [-0.39, 0.29) is 11.8 Å². The van der Waals surface area contributed by atoms with Crippen LogP contribution in [0.2, 0.25) is 0 Å². The Hall–Kier alpha value is -3.60. The molecule has 138 valence electrons. The Morgan fingerprint density at radius 2 is 1.46 bits per heavy atom. The molecule has 4 aromatic rings. The maximum atomic E-state index is 12.8. The zero-order valence-corrected chi connectivity index (χ0v) is 15.9. The number of hydrogen-bond donors (Lipinski definition) is 0. The lowest BCUT2D eigenvalue weighted by Gasteiger charge is -2.11. The van der Waals surface area contributed by atoms with E-state index in [0.29, 0.717) is 5.57 Å². The fraction of sp³-hybridized carbons (Fsp3) is 0.130. The average molecular weight is 369 g/mol. The van der Waals surface area contributed by atoms with E-state index in [1.165, 1.54) is 18.0 Å². The lowest BCUT2D eigenvalue weighted by molar-refractivity contribution is -0.134. The number of para-hydroxylation sites is 2. The number of hydrogen-bond acceptors (Lipinski definition) is 2. The van der Waals surface area contributed by atoms with Gasteiger partial charge in [0, 0.05) is 54.6 Å². The van der Waals surface area contributed by atoms with Crippen molar-refractivity contribution in [3.05, 3.63) is 66.2 Å². The molecule has 0 saturated carbocycles. The molecule has 1 aliphatic rings. The van der Waals surface area contributed by atoms with Crippen molar-refractivity contribution in [3.63, 3.8) is 0 Å². The molecular weight excluding hydrogens is 350 g/mol. The Labute approximate surface area is 162 Å². The summed E-state index contributed by atoms with van der Waals surface area (Å²) in [4.78, 5) is 26.2. The van der Waals surface area contributed by atoms with Gasteiger partial charge >= 0.3 is 0 Å². The van der Waals surface area contributed by atoms with E-state index in [0.717, 1.165) is 38.8 Å². The number of aromatic nitrogens is 2. The van der Waals surface area contributed by atoms with Crippen molar-refractivity contribution in [2.75, 3.05) is 7.05 Å². The van der Waals surface area contributed by atoms with Crippen molar-refractivity contribution in [1.29, 1.82) is 0 Å². The molecule has 28 heavy (non-hydrogen) atoms. The summed E-state index contributed by atoms with van der Waals surface area (Å²) in [5.74, 6) is -0.544. The Balaban J connectivity index is 1.91. The van der Waals surface area contributed by atoms with Crippen LogP contribution in [0.15, 0.2) is 60.7 Å². The summed E-state index contributed by atoms with van der Waals surface area (Å²) in [6.45, 7) is 0. The number of benzene rings is 2. The molecule has 0 spiro atoms. The fourth-order valence-corrected chi connectivity index (χ4v) is 4.22. The van der Waals surface area contributed by atoms with Crippen LogP contribution in [0.3, 0.4) is 0 Å². The minimum Gasteiger partial charge on any atom is -0.342 e. The summed E-state index contributed by atoms with van der Waals surface area (Å²) < 4.78 is 4.24. The Morgan fingerprint density at radius 3 is 2.14 bits per heavy atom. The largest absolute Gasteiger partial charge is 0.342 e. The van der Waals surface area contributed by atoms with Gasteiger partial charge in [-0.15, -0.1) is 0 Å². The first-order valence-electron chi connectivity index (χ1n) is 9.15. The van der Waals surface area contributed by atoms with Crippen LogP contribution in [0.25, 0.3) is 38.8 Å². The third-order valence-corrected chi connectivity index (χ3v) is 5.70. The topological polar surface area (TPSA) is 47.2 Å². The van der Waals surface area contributed by atoms with Crippen LogP contribution < -0.4 is 0 Å². The van der Waals surface area contributed by atoms with Crippen molar-refractivity contribution in [3.8, 4) is 11.4 Å². The van der Waals surface area contributed by atoms with E-state index >= 15 is 0 Å². The van der Waals surface area contributed by atoms with Crippen molar-refractivity contribution < 1.29 is 9.59 Å². The SMILES string of the molecule is CN1C(=O)C=C(c2c(-c3cc4ccccc4n3C)n(C)c3ccccc23)C1=O. The molecule has 0 saturated heterocycles. The molecule has 5 rings (SSSR count). The molecule has 0 radical (unpaired) electrons. The standard InChI is InChI=1S/C23H19N3O2/c1-24-17-10-6-4-8-14(17)12-19(24)22-21(16-13-20(27)26(3)23(16)28)15-9-5-7-11-18(15)25(22)2/h4-13H,1-3H3. The van der Waals surface area contributed by atoms with Gasteiger partial charge in [0.25, 0.3) is 11.8 Å². The number of imide groups is 1. The number of fused-ring (bicyclic) bond motifs is 2. The number of carbonyl (C=O) groups is 2. The van der Waals surface area contributed by atoms with Gasteiger partial charge in [-0.3, -0.25) is 14.5 Å². The molecule has 2 aromatic carbocycles. The Morgan fingerprint density at radius 1 is 0.786 bits per heavy atom. The second-order valence-electron chi connectivity index (χ2n) is 7.21. The number of likely N-dealkylation sites (N-methyl/N-ethyl adjacent to an activating group) is 1. The monoisotopic (exact) mass is 369 g/mol. The van der Waals surface area contributed by atoms with Crippen LogP contribution in [0.5, 0.6) is 0 Å². The van der Waals surface area contributed by atoms with Gasteiger partial charge in [-0.1, -0.05) is 36.4 Å². The lowest BCUT2D eigenvalue weighted by Crippen LogP contribution is -2.25. The van der Waals surface area contributed by atoms with Crippen LogP contribution in [0.1, 0.15) is 5.56 Å². The minimum atomic E-state index is -0.282. The molecule has 0 atom stereocenters. The van der Waals surface area contributed by atoms with Crippen LogP contribution in [0, 0.1) is 0 Å². The molecule has 0 bridgehead atoms. The third kappa shape index (κ3) is 2.07. The summed E-state index contributed by atoms with van der Waals surface area (Å²) in [6, 6.07) is 18.3. The summed E-state index contributed by atoms with van der Waals surface area (Å²) >= 11 is 0. The maximum Gasteiger partial charge on any atom is 0.261 e. The second-order valence-corrected chi connectivity index (χ2v) is 7.21. The predicted molar refractivity (Wildman–Crippen MR) is 111 cm³/mol. The van der Waals surface area contributed by atoms with Gasteiger partial charge in [0.2, 0.25) is 0 Å². The molecule has 5 heteroatoms. The highest BCUT2D eigenvalue weighted by atomic mass is 16.2. The van der Waals surface area contributed by atoms with E-state index in [1.807, 2.05) is 50.5 Å². The zero-order chi connectivity index (χ0) is 19.6. The lowest BCUT2D eigenvalue weighted by atomic mass is 10.0. The average Bonchev–Trinajstić information content (AvgIpc) is 3.28. The quantitative estimate of drug-likeness (QED) is 0.506. The molecule has 0 aliphatic carbocycles. The van der Waals surface area contributed by atoms with Crippen LogP contribution >= 0.6 is 0 Å². The van der Waals surface area contributed by atoms with Gasteiger partial charge in [0.1, 0.15) is 0 Å². The van der Waals surface area contributed by atoms with Gasteiger partial charge in [0.05, 0.1) is 17.0 Å². The van der Waals surface area contributed by atoms with Gasteiger partial charge < -0.3 is 9.13 Å². The molecular formula is C23H19N3O2. The summed E-state index contributed by atoms with van der Waals surface area (Å²) in [7, 11) is 5.56. The third-order valence-electron chi connectivity index (χ3n) is 5.70. The highest BCUT2D eigenvalue weighted by Gasteiger charge is 2.33. The molecule has 5 nitrogen and oxygen atoms in total. The number of nitrogens with zero attached hydrogens (tertiary/aromatic N) is 3. The van der Waals surface area contributed by atoms with Crippen molar-refractivity contribution >= 4 is 39.2 Å². The summed E-state index contributed by atoms with van der Waals surface area (Å²) in [5, 5.41) is 2.10. The highest BCUT2D eigenvalue weighted by Crippen LogP contribution is 2.40. The number of aryl methyl sites for hydroxylation is 2. The smallest absolute Gasteiger partial charge is 0.261 e. The highest BCUT2D eigenvalue weighted by molar-refractivity contribution is 6.36. The van der Waals surface area contributed by atoms with E-state index in [2.05, 4.69) is 27.3 Å². The Bertz CT molecular complexity index is 1340. The number of carbonyl (C=O) groups excluding carboxylic acids is 2. The number of amides is 2. The first kappa shape index (κ1) is 16.6. The van der Waals surface area contributed by atoms with Crippen LogP contribution in [-0.4, -0.2) is 32.9 Å². The van der Waals surface area contributed by atoms with Crippen molar-refractivity contribution in [2.45, 2.75) is 0 Å². The van der Waals surface area contributed by atoms with Gasteiger partial charge in [0.15, 0.2) is 0 Å². The van der Waals surface area contributed by atoms with Crippen LogP contribution in [0.4, 0.5) is 0 Å². The van der Waals surface area contributed by atoms with Gasteiger partial charge in [-0.2, -0.15) is 0 Å². The van der Waals surface area contributed by atoms with E-state index < -0.39 is 0 Å². The van der Waals surface area contributed by atoms with Crippen LogP contribution in [-0.2, 0) is 23.7 Å². The maximum absolute atomic E-state index is 12.8. The van der Waals surface area contributed by atoms with E-state index in [4.69, 9.17) is 0 Å². The van der Waals surface area contributed by atoms with E-state index in [1.54, 1.807) is 0 Å². The molecule has 3 heterocycles. The minimum absolute atomic E-state index is 0.263. The number of rotatable bonds is 2. The molecule has 1 aliphatic heterocycles. The van der Waals surface area contributed by atoms with Gasteiger partial charge in [-0.05, 0) is 18.2 Å². The van der Waals surface area contributed by atoms with Crippen molar-refractivity contribution in [2.24, 2.45) is 14.1 Å². The fourth-order valence-electron chi connectivity index (χ4n) is 4.22. The summed E-state index contributed by atoms with van der Waals surface area (Å²) in [6.07, 6.45) is 1.45. The first-order valence-corrected chi connectivity index (χ1v) is 9.15. The zero-order valence-electron chi connectivity index (χ0n) is 15.9. The summed E-state index contributed by atoms with van der Waals surface area (Å²) in [5.41, 5.74) is 5.34. The Kier molecular flexibility index (Phi) is 3.37. The predicted octanol–water partition coefficient (Wildman–Crippen LogP) is 3.72. The molecule has 2 amide bonds. The second kappa shape index (κ2) is 5.70. The van der Waals surface area contributed by atoms with Gasteiger partial charge in [-0.25, -0.2) is 0 Å². The molecule has 2 aromatic heterocycles. The normalized spacial score (nSPS) is 14.5. The molecule has 0 unspecified atom stereocenters. The molecule has 0 fully saturated rings. The first-order chi connectivity index (χ1) is 13.5. The van der Waals surface area contributed by atoms with E-state index in [9.17, 15) is 9.59 Å².